The van der Waals surface area contributed by atoms with Gasteiger partial charge in [0.15, 0.2) is 0 Å². The molecule has 1 aliphatic rings. The summed E-state index contributed by atoms with van der Waals surface area (Å²) >= 11 is 0. The second-order valence-electron chi connectivity index (χ2n) is 6.98. The van der Waals surface area contributed by atoms with Crippen molar-refractivity contribution >= 4 is 5.97 Å². The number of ether oxygens (including phenoxy) is 1. The average molecular weight is 340 g/mol. The lowest BCUT2D eigenvalue weighted by molar-refractivity contribution is 0.0734. The van der Waals surface area contributed by atoms with E-state index in [1.54, 1.807) is 6.07 Å². The molecule has 0 atom stereocenters. The second-order valence-corrected chi connectivity index (χ2v) is 6.98. The zero-order valence-corrected chi connectivity index (χ0v) is 14.7. The number of rotatable bonds is 5. The second kappa shape index (κ2) is 8.28. The van der Waals surface area contributed by atoms with Crippen LogP contribution in [0.5, 0.6) is 5.75 Å². The van der Waals surface area contributed by atoms with Crippen molar-refractivity contribution in [2.75, 3.05) is 0 Å². The summed E-state index contributed by atoms with van der Waals surface area (Å²) < 4.78 is 18.4. The smallest absolute Gasteiger partial charge is 0.343 e. The molecule has 1 saturated carbocycles. The van der Waals surface area contributed by atoms with E-state index in [0.29, 0.717) is 11.5 Å². The van der Waals surface area contributed by atoms with Gasteiger partial charge in [0.25, 0.3) is 0 Å². The van der Waals surface area contributed by atoms with Crippen LogP contribution < -0.4 is 4.74 Å². The van der Waals surface area contributed by atoms with Crippen LogP contribution in [0.3, 0.4) is 0 Å². The number of carbonyl (C=O) groups is 1. The van der Waals surface area contributed by atoms with Crippen LogP contribution in [0.4, 0.5) is 4.39 Å². The highest BCUT2D eigenvalue weighted by molar-refractivity contribution is 5.91. The molecular formula is C22H25FO2. The summed E-state index contributed by atoms with van der Waals surface area (Å²) in [6.45, 7) is 2.26. The fraction of sp³-hybridized carbons (Fsp3) is 0.409. The van der Waals surface area contributed by atoms with Crippen molar-refractivity contribution in [3.05, 3.63) is 65.5 Å². The number of hydrogen-bond donors (Lipinski definition) is 0. The van der Waals surface area contributed by atoms with Crippen molar-refractivity contribution in [1.29, 1.82) is 0 Å². The summed E-state index contributed by atoms with van der Waals surface area (Å²) in [6, 6.07) is 13.3. The third-order valence-corrected chi connectivity index (χ3v) is 5.17. The Morgan fingerprint density at radius 2 is 1.80 bits per heavy atom. The van der Waals surface area contributed by atoms with Gasteiger partial charge in [-0.1, -0.05) is 38.0 Å². The van der Waals surface area contributed by atoms with Crippen LogP contribution in [0.25, 0.3) is 0 Å². The van der Waals surface area contributed by atoms with Gasteiger partial charge in [0.2, 0.25) is 0 Å². The summed E-state index contributed by atoms with van der Waals surface area (Å²) in [5.74, 6) is 0.842. The first kappa shape index (κ1) is 17.7. The predicted molar refractivity (Wildman–Crippen MR) is 97.4 cm³/mol. The minimum Gasteiger partial charge on any atom is -0.423 e. The Morgan fingerprint density at radius 1 is 1.08 bits per heavy atom. The third kappa shape index (κ3) is 4.68. The molecular weight excluding hydrogens is 315 g/mol. The van der Waals surface area contributed by atoms with Crippen molar-refractivity contribution in [1.82, 2.24) is 0 Å². The first-order valence-corrected chi connectivity index (χ1v) is 9.23. The van der Waals surface area contributed by atoms with Gasteiger partial charge >= 0.3 is 5.97 Å². The molecule has 132 valence electrons. The molecule has 0 aromatic heterocycles. The molecule has 25 heavy (non-hydrogen) atoms. The quantitative estimate of drug-likeness (QED) is 0.484. The molecule has 0 aliphatic heterocycles. The molecule has 0 N–H and O–H groups in total. The minimum atomic E-state index is -0.455. The van der Waals surface area contributed by atoms with Gasteiger partial charge in [0.1, 0.15) is 11.6 Å². The lowest BCUT2D eigenvalue weighted by atomic mass is 9.77. The number of benzene rings is 2. The van der Waals surface area contributed by atoms with Gasteiger partial charge < -0.3 is 4.74 Å². The molecule has 0 amide bonds. The molecule has 0 spiro atoms. The summed E-state index contributed by atoms with van der Waals surface area (Å²) in [5.41, 5.74) is 1.80. The van der Waals surface area contributed by atoms with Gasteiger partial charge in [-0.15, -0.1) is 0 Å². The van der Waals surface area contributed by atoms with Crippen LogP contribution in [0.1, 0.15) is 67.3 Å². The monoisotopic (exact) mass is 340 g/mol. The molecule has 1 fully saturated rings. The Hall–Kier alpha value is -2.16. The fourth-order valence-electron chi connectivity index (χ4n) is 3.78. The van der Waals surface area contributed by atoms with Crippen LogP contribution in [-0.2, 0) is 0 Å². The lowest BCUT2D eigenvalue weighted by Crippen LogP contribution is -2.13. The van der Waals surface area contributed by atoms with Crippen LogP contribution >= 0.6 is 0 Å². The molecule has 0 heterocycles. The fourth-order valence-corrected chi connectivity index (χ4v) is 3.78. The van der Waals surface area contributed by atoms with Gasteiger partial charge in [-0.25, -0.2) is 9.18 Å². The number of halogens is 1. The first-order valence-electron chi connectivity index (χ1n) is 9.23. The first-order chi connectivity index (χ1) is 12.2. The third-order valence-electron chi connectivity index (χ3n) is 5.17. The number of hydrogen-bond acceptors (Lipinski definition) is 2. The van der Waals surface area contributed by atoms with Gasteiger partial charge in [0.05, 0.1) is 5.56 Å². The van der Waals surface area contributed by atoms with E-state index in [-0.39, 0.29) is 5.75 Å². The summed E-state index contributed by atoms with van der Waals surface area (Å²) in [4.78, 5) is 12.2. The number of esters is 1. The Morgan fingerprint density at radius 3 is 2.44 bits per heavy atom. The molecule has 2 aromatic carbocycles. The minimum absolute atomic E-state index is 0.225. The summed E-state index contributed by atoms with van der Waals surface area (Å²) in [6.07, 6.45) is 7.70. The maximum absolute atomic E-state index is 13.2. The normalized spacial score (nSPS) is 20.2. The van der Waals surface area contributed by atoms with E-state index >= 15 is 0 Å². The van der Waals surface area contributed by atoms with E-state index in [9.17, 15) is 9.18 Å². The maximum atomic E-state index is 13.2. The van der Waals surface area contributed by atoms with Gasteiger partial charge in [-0.05, 0) is 67.3 Å². The molecule has 0 radical (unpaired) electrons. The molecule has 3 rings (SSSR count). The predicted octanol–water partition coefficient (Wildman–Crippen LogP) is 6.12. The van der Waals surface area contributed by atoms with Crippen molar-refractivity contribution in [2.24, 2.45) is 5.92 Å². The molecule has 0 bridgehead atoms. The van der Waals surface area contributed by atoms with Crippen molar-refractivity contribution < 1.29 is 13.9 Å². The average Bonchev–Trinajstić information content (AvgIpc) is 2.63. The Balaban J connectivity index is 1.59. The Bertz CT molecular complexity index is 700. The molecule has 2 nitrogen and oxygen atoms in total. The topological polar surface area (TPSA) is 26.3 Å². The van der Waals surface area contributed by atoms with E-state index in [0.717, 1.165) is 5.92 Å². The molecule has 1 aliphatic carbocycles. The lowest BCUT2D eigenvalue weighted by Gasteiger charge is -2.28. The highest BCUT2D eigenvalue weighted by Gasteiger charge is 2.22. The zero-order valence-electron chi connectivity index (χ0n) is 14.7. The van der Waals surface area contributed by atoms with Crippen LogP contribution in [0.15, 0.2) is 48.5 Å². The van der Waals surface area contributed by atoms with Gasteiger partial charge in [-0.3, -0.25) is 0 Å². The maximum Gasteiger partial charge on any atom is 0.343 e. The molecule has 0 saturated heterocycles. The summed E-state index contributed by atoms with van der Waals surface area (Å²) in [5, 5.41) is 0. The standard InChI is InChI=1S/C22H25FO2/c1-2-4-16-7-9-17(10-8-16)18-11-13-19(14-12-18)22(24)25-21-6-3-5-20(23)15-21/h3,5-6,11-17H,2,4,7-10H2,1H3. The Labute approximate surface area is 149 Å². The van der Waals surface area contributed by atoms with Crippen molar-refractivity contribution in [3.63, 3.8) is 0 Å². The van der Waals surface area contributed by atoms with E-state index in [1.807, 2.05) is 24.3 Å². The Kier molecular flexibility index (Phi) is 5.85. The van der Waals surface area contributed by atoms with Crippen molar-refractivity contribution in [3.8, 4) is 5.75 Å². The highest BCUT2D eigenvalue weighted by atomic mass is 19.1. The number of carbonyl (C=O) groups excluding carboxylic acids is 1. The van der Waals surface area contributed by atoms with Crippen molar-refractivity contribution in [2.45, 2.75) is 51.4 Å². The van der Waals surface area contributed by atoms with E-state index in [2.05, 4.69) is 6.92 Å². The van der Waals surface area contributed by atoms with Gasteiger partial charge in [0, 0.05) is 6.07 Å². The van der Waals surface area contributed by atoms with Gasteiger partial charge in [-0.2, -0.15) is 0 Å². The SMILES string of the molecule is CCCC1CCC(c2ccc(C(=O)Oc3cccc(F)c3)cc2)CC1. The van der Waals surface area contributed by atoms with Crippen LogP contribution in [0.2, 0.25) is 0 Å². The summed E-state index contributed by atoms with van der Waals surface area (Å²) in [7, 11) is 0. The highest BCUT2D eigenvalue weighted by Crippen LogP contribution is 2.37. The largest absolute Gasteiger partial charge is 0.423 e. The molecule has 0 unspecified atom stereocenters. The van der Waals surface area contributed by atoms with E-state index < -0.39 is 11.8 Å². The molecule has 2 aromatic rings. The van der Waals surface area contributed by atoms with Crippen LogP contribution in [0, 0.1) is 11.7 Å². The van der Waals surface area contributed by atoms with E-state index in [1.165, 1.54) is 62.3 Å². The molecule has 3 heteroatoms. The van der Waals surface area contributed by atoms with Crippen LogP contribution in [-0.4, -0.2) is 5.97 Å². The zero-order chi connectivity index (χ0) is 17.6. The van der Waals surface area contributed by atoms with E-state index in [4.69, 9.17) is 4.74 Å².